The maximum absolute atomic E-state index is 10.5. The Hall–Kier alpha value is -1.51. The lowest BCUT2D eigenvalue weighted by atomic mass is 10.1. The average Bonchev–Trinajstić information content (AvgIpc) is 2.29. The van der Waals surface area contributed by atoms with Crippen LogP contribution >= 0.6 is 0 Å². The number of carbonyl (C=O) groups excluding carboxylic acids is 1. The van der Waals surface area contributed by atoms with E-state index in [1.54, 1.807) is 0 Å². The number of unbranched alkanes of at least 4 members (excludes halogenated alkanes) is 2. The lowest BCUT2D eigenvalue weighted by Crippen LogP contribution is -2.02. The quantitative estimate of drug-likeness (QED) is 0.580. The Morgan fingerprint density at radius 3 is 2.41 bits per heavy atom. The molecule has 0 saturated heterocycles. The lowest BCUT2D eigenvalue weighted by molar-refractivity contribution is -0.105. The Bertz CT molecular complexity index is 351. The summed E-state index contributed by atoms with van der Waals surface area (Å²) in [5, 5.41) is 2.71. The van der Waals surface area contributed by atoms with Crippen molar-refractivity contribution in [3.8, 4) is 5.75 Å². The van der Waals surface area contributed by atoms with Crippen molar-refractivity contribution in [2.45, 2.75) is 40.0 Å². The fraction of sp³-hybridized carbons (Fsp3) is 0.500. The molecule has 0 spiro atoms. The number of benzene rings is 1. The smallest absolute Gasteiger partial charge is 0.211 e. The van der Waals surface area contributed by atoms with Crippen molar-refractivity contribution in [2.75, 3.05) is 11.9 Å². The number of anilines is 1. The van der Waals surface area contributed by atoms with E-state index < -0.39 is 0 Å². The predicted molar refractivity (Wildman–Crippen MR) is 70.6 cm³/mol. The van der Waals surface area contributed by atoms with Crippen LogP contribution in [0.5, 0.6) is 5.75 Å². The number of rotatable bonds is 7. The molecule has 0 fully saturated rings. The first kappa shape index (κ1) is 13.6. The van der Waals surface area contributed by atoms with Crippen LogP contribution in [0, 0.1) is 13.8 Å². The Labute approximate surface area is 103 Å². The van der Waals surface area contributed by atoms with Crippen LogP contribution in [-0.4, -0.2) is 13.0 Å². The third kappa shape index (κ3) is 4.10. The Morgan fingerprint density at radius 2 is 1.88 bits per heavy atom. The second-order valence-electron chi connectivity index (χ2n) is 4.25. The fourth-order valence-corrected chi connectivity index (χ4v) is 1.84. The summed E-state index contributed by atoms with van der Waals surface area (Å²) in [7, 11) is 0. The second kappa shape index (κ2) is 6.94. The molecule has 3 nitrogen and oxygen atoms in total. The molecule has 0 unspecified atom stereocenters. The van der Waals surface area contributed by atoms with E-state index in [-0.39, 0.29) is 0 Å². The zero-order chi connectivity index (χ0) is 12.7. The van der Waals surface area contributed by atoms with E-state index >= 15 is 0 Å². The normalized spacial score (nSPS) is 10.1. The highest BCUT2D eigenvalue weighted by Crippen LogP contribution is 2.25. The molecule has 1 N–H and O–H groups in total. The minimum absolute atomic E-state index is 0.705. The molecule has 0 atom stereocenters. The van der Waals surface area contributed by atoms with Crippen molar-refractivity contribution in [3.63, 3.8) is 0 Å². The maximum Gasteiger partial charge on any atom is 0.211 e. The molecule has 1 aromatic carbocycles. The number of carbonyl (C=O) groups is 1. The monoisotopic (exact) mass is 235 g/mol. The summed E-state index contributed by atoms with van der Waals surface area (Å²) in [5.74, 6) is 0.882. The summed E-state index contributed by atoms with van der Waals surface area (Å²) < 4.78 is 5.69. The van der Waals surface area contributed by atoms with Crippen LogP contribution in [0.4, 0.5) is 5.69 Å². The molecule has 0 aliphatic carbocycles. The molecule has 0 heterocycles. The average molecular weight is 235 g/mol. The molecule has 0 aromatic heterocycles. The summed E-state index contributed by atoms with van der Waals surface area (Å²) in [5.41, 5.74) is 2.94. The van der Waals surface area contributed by atoms with Gasteiger partial charge in [0, 0.05) is 5.69 Å². The molecule has 3 heteroatoms. The van der Waals surface area contributed by atoms with Gasteiger partial charge >= 0.3 is 0 Å². The van der Waals surface area contributed by atoms with E-state index in [4.69, 9.17) is 4.74 Å². The van der Waals surface area contributed by atoms with Crippen LogP contribution in [0.15, 0.2) is 12.1 Å². The fourth-order valence-electron chi connectivity index (χ4n) is 1.84. The van der Waals surface area contributed by atoms with Gasteiger partial charge in [0.25, 0.3) is 0 Å². The lowest BCUT2D eigenvalue weighted by Gasteiger charge is -2.12. The summed E-state index contributed by atoms with van der Waals surface area (Å²) in [6.45, 7) is 6.87. The van der Waals surface area contributed by atoms with Gasteiger partial charge in [0.15, 0.2) is 0 Å². The standard InChI is InChI=1S/C14H21NO2/c1-4-5-6-7-17-13-8-11(2)14(15-10-16)12(3)9-13/h8-10H,4-7H2,1-3H3,(H,15,16). The van der Waals surface area contributed by atoms with Crippen LogP contribution in [0.2, 0.25) is 0 Å². The molecule has 0 aliphatic rings. The number of amides is 1. The minimum atomic E-state index is 0.705. The first-order valence-electron chi connectivity index (χ1n) is 6.13. The van der Waals surface area contributed by atoms with Crippen molar-refractivity contribution >= 4 is 12.1 Å². The molecular weight excluding hydrogens is 214 g/mol. The molecule has 0 bridgehead atoms. The minimum Gasteiger partial charge on any atom is -0.494 e. The van der Waals surface area contributed by atoms with Gasteiger partial charge < -0.3 is 10.1 Å². The summed E-state index contributed by atoms with van der Waals surface area (Å²) in [4.78, 5) is 10.5. The van der Waals surface area contributed by atoms with Crippen LogP contribution in [0.1, 0.15) is 37.3 Å². The Balaban J connectivity index is 2.66. The first-order valence-corrected chi connectivity index (χ1v) is 6.13. The molecule has 17 heavy (non-hydrogen) atoms. The van der Waals surface area contributed by atoms with Crippen molar-refractivity contribution in [3.05, 3.63) is 23.3 Å². The molecule has 0 saturated carbocycles. The van der Waals surface area contributed by atoms with Gasteiger partial charge in [-0.2, -0.15) is 0 Å². The molecule has 0 aliphatic heterocycles. The van der Waals surface area contributed by atoms with Gasteiger partial charge in [-0.3, -0.25) is 4.79 Å². The highest BCUT2D eigenvalue weighted by molar-refractivity contribution is 5.76. The Morgan fingerprint density at radius 1 is 1.24 bits per heavy atom. The van der Waals surface area contributed by atoms with Crippen molar-refractivity contribution in [2.24, 2.45) is 0 Å². The van der Waals surface area contributed by atoms with Crippen molar-refractivity contribution in [1.82, 2.24) is 0 Å². The van der Waals surface area contributed by atoms with Gasteiger partial charge in [0.1, 0.15) is 5.75 Å². The van der Waals surface area contributed by atoms with Gasteiger partial charge in [0.05, 0.1) is 6.61 Å². The summed E-state index contributed by atoms with van der Waals surface area (Å²) in [6, 6.07) is 3.93. The van der Waals surface area contributed by atoms with Crippen LogP contribution in [0.3, 0.4) is 0 Å². The van der Waals surface area contributed by atoms with E-state index in [0.717, 1.165) is 35.6 Å². The van der Waals surface area contributed by atoms with E-state index in [9.17, 15) is 4.79 Å². The van der Waals surface area contributed by atoms with Crippen LogP contribution < -0.4 is 10.1 Å². The van der Waals surface area contributed by atoms with Gasteiger partial charge in [-0.15, -0.1) is 0 Å². The van der Waals surface area contributed by atoms with Crippen LogP contribution in [0.25, 0.3) is 0 Å². The SMILES string of the molecule is CCCCCOc1cc(C)c(NC=O)c(C)c1. The molecule has 1 aromatic rings. The summed E-state index contributed by atoms with van der Waals surface area (Å²) in [6.07, 6.45) is 4.19. The van der Waals surface area contributed by atoms with E-state index in [1.807, 2.05) is 26.0 Å². The van der Waals surface area contributed by atoms with Crippen molar-refractivity contribution in [1.29, 1.82) is 0 Å². The number of aryl methyl sites for hydroxylation is 2. The summed E-state index contributed by atoms with van der Waals surface area (Å²) >= 11 is 0. The largest absolute Gasteiger partial charge is 0.494 e. The maximum atomic E-state index is 10.5. The van der Waals surface area contributed by atoms with Gasteiger partial charge in [0.2, 0.25) is 6.41 Å². The third-order valence-corrected chi connectivity index (χ3v) is 2.73. The second-order valence-corrected chi connectivity index (χ2v) is 4.25. The molecular formula is C14H21NO2. The molecule has 0 radical (unpaired) electrons. The van der Waals surface area contributed by atoms with E-state index in [2.05, 4.69) is 12.2 Å². The number of hydrogen-bond acceptors (Lipinski definition) is 2. The number of ether oxygens (including phenoxy) is 1. The van der Waals surface area contributed by atoms with E-state index in [1.165, 1.54) is 12.8 Å². The Kier molecular flexibility index (Phi) is 5.53. The molecule has 1 amide bonds. The molecule has 94 valence electrons. The number of nitrogens with one attached hydrogen (secondary N) is 1. The van der Waals surface area contributed by atoms with Gasteiger partial charge in [-0.25, -0.2) is 0 Å². The third-order valence-electron chi connectivity index (χ3n) is 2.73. The van der Waals surface area contributed by atoms with Gasteiger partial charge in [-0.05, 0) is 43.5 Å². The highest BCUT2D eigenvalue weighted by Gasteiger charge is 2.05. The molecule has 1 rings (SSSR count). The van der Waals surface area contributed by atoms with Crippen molar-refractivity contribution < 1.29 is 9.53 Å². The zero-order valence-electron chi connectivity index (χ0n) is 10.9. The topological polar surface area (TPSA) is 38.3 Å². The van der Waals surface area contributed by atoms with Crippen LogP contribution in [-0.2, 0) is 4.79 Å². The predicted octanol–water partition coefficient (Wildman–Crippen LogP) is 3.44. The van der Waals surface area contributed by atoms with E-state index in [0.29, 0.717) is 6.41 Å². The number of hydrogen-bond donors (Lipinski definition) is 1. The highest BCUT2D eigenvalue weighted by atomic mass is 16.5. The first-order chi connectivity index (χ1) is 8.19. The van der Waals surface area contributed by atoms with Gasteiger partial charge in [-0.1, -0.05) is 19.8 Å². The zero-order valence-corrected chi connectivity index (χ0v) is 10.9.